The Labute approximate surface area is 104 Å². The molecule has 1 aromatic rings. The molecule has 0 amide bonds. The fraction of sp³-hybridized carbons (Fsp3) is 0.600. The topological polar surface area (TPSA) is 23.5 Å². The highest BCUT2D eigenvalue weighted by molar-refractivity contribution is 5.24. The summed E-state index contributed by atoms with van der Waals surface area (Å²) in [5, 5.41) is 9.07. The van der Waals surface area contributed by atoms with E-state index in [1.807, 2.05) is 0 Å². The minimum atomic E-state index is 0.264. The second-order valence-corrected chi connectivity index (χ2v) is 5.32. The molecule has 17 heavy (non-hydrogen) atoms. The van der Waals surface area contributed by atoms with E-state index >= 15 is 0 Å². The second-order valence-electron chi connectivity index (χ2n) is 5.32. The number of aliphatic hydroxyl groups is 1. The van der Waals surface area contributed by atoms with Gasteiger partial charge in [-0.2, -0.15) is 0 Å². The summed E-state index contributed by atoms with van der Waals surface area (Å²) in [5.41, 5.74) is 2.75. The van der Waals surface area contributed by atoms with Crippen LogP contribution in [0.5, 0.6) is 0 Å². The highest BCUT2D eigenvalue weighted by Crippen LogP contribution is 2.28. The van der Waals surface area contributed by atoms with Gasteiger partial charge >= 0.3 is 0 Å². The van der Waals surface area contributed by atoms with E-state index in [0.717, 1.165) is 13.1 Å². The van der Waals surface area contributed by atoms with Crippen molar-refractivity contribution in [3.8, 4) is 0 Å². The van der Waals surface area contributed by atoms with Crippen LogP contribution >= 0.6 is 0 Å². The number of rotatable bonds is 6. The van der Waals surface area contributed by atoms with Crippen LogP contribution in [0.25, 0.3) is 0 Å². The van der Waals surface area contributed by atoms with Crippen LogP contribution in [-0.4, -0.2) is 29.2 Å². The van der Waals surface area contributed by atoms with Gasteiger partial charge in [-0.05, 0) is 29.9 Å². The molecule has 1 fully saturated rings. The maximum Gasteiger partial charge on any atom is 0.0558 e. The Morgan fingerprint density at radius 2 is 1.88 bits per heavy atom. The first-order valence-corrected chi connectivity index (χ1v) is 6.64. The molecule has 2 heteroatoms. The van der Waals surface area contributed by atoms with Crippen LogP contribution in [0.4, 0.5) is 0 Å². The molecule has 94 valence electrons. The second kappa shape index (κ2) is 5.65. The van der Waals surface area contributed by atoms with Gasteiger partial charge in [0.15, 0.2) is 0 Å². The largest absolute Gasteiger partial charge is 0.395 e. The Morgan fingerprint density at radius 1 is 1.24 bits per heavy atom. The van der Waals surface area contributed by atoms with Crippen LogP contribution in [0.15, 0.2) is 24.3 Å². The molecule has 1 aliphatic carbocycles. The van der Waals surface area contributed by atoms with Gasteiger partial charge in [0.25, 0.3) is 0 Å². The average molecular weight is 233 g/mol. The third kappa shape index (κ3) is 3.55. The van der Waals surface area contributed by atoms with E-state index in [-0.39, 0.29) is 6.61 Å². The molecule has 0 radical (unpaired) electrons. The van der Waals surface area contributed by atoms with Crippen molar-refractivity contribution in [2.75, 3.05) is 13.2 Å². The van der Waals surface area contributed by atoms with E-state index in [2.05, 4.69) is 43.0 Å². The first-order chi connectivity index (χ1) is 8.20. The van der Waals surface area contributed by atoms with Crippen molar-refractivity contribution in [1.29, 1.82) is 0 Å². The molecule has 1 N–H and O–H groups in total. The van der Waals surface area contributed by atoms with Crippen molar-refractivity contribution in [2.45, 2.75) is 45.2 Å². The van der Waals surface area contributed by atoms with E-state index in [1.54, 1.807) is 0 Å². The van der Waals surface area contributed by atoms with Crippen molar-refractivity contribution in [1.82, 2.24) is 4.90 Å². The number of benzene rings is 1. The van der Waals surface area contributed by atoms with Gasteiger partial charge in [-0.15, -0.1) is 0 Å². The quantitative estimate of drug-likeness (QED) is 0.816. The smallest absolute Gasteiger partial charge is 0.0558 e. The molecule has 2 nitrogen and oxygen atoms in total. The number of hydrogen-bond acceptors (Lipinski definition) is 2. The fourth-order valence-corrected chi connectivity index (χ4v) is 2.20. The van der Waals surface area contributed by atoms with Crippen molar-refractivity contribution in [2.24, 2.45) is 0 Å². The lowest BCUT2D eigenvalue weighted by Crippen LogP contribution is -2.28. The Hall–Kier alpha value is -0.860. The zero-order valence-electron chi connectivity index (χ0n) is 10.9. The zero-order valence-corrected chi connectivity index (χ0v) is 10.9. The molecule has 0 spiro atoms. The SMILES string of the molecule is CC(C)c1ccc(CN(CCO)C2CC2)cc1. The standard InChI is InChI=1S/C15H23NO/c1-12(2)14-5-3-13(4-6-14)11-16(9-10-17)15-7-8-15/h3-6,12,15,17H,7-11H2,1-2H3. The highest BCUT2D eigenvalue weighted by atomic mass is 16.3. The van der Waals surface area contributed by atoms with Crippen LogP contribution in [0, 0.1) is 0 Å². The average Bonchev–Trinajstić information content (AvgIpc) is 3.13. The minimum absolute atomic E-state index is 0.264. The van der Waals surface area contributed by atoms with Gasteiger partial charge in [0, 0.05) is 19.1 Å². The first-order valence-electron chi connectivity index (χ1n) is 6.64. The lowest BCUT2D eigenvalue weighted by molar-refractivity contribution is 0.183. The molecular weight excluding hydrogens is 210 g/mol. The predicted octanol–water partition coefficient (Wildman–Crippen LogP) is 2.77. The van der Waals surface area contributed by atoms with Crippen molar-refractivity contribution >= 4 is 0 Å². The van der Waals surface area contributed by atoms with Gasteiger partial charge in [-0.25, -0.2) is 0 Å². The van der Waals surface area contributed by atoms with Gasteiger partial charge in [0.05, 0.1) is 6.61 Å². The van der Waals surface area contributed by atoms with Gasteiger partial charge in [-0.3, -0.25) is 4.90 Å². The van der Waals surface area contributed by atoms with E-state index in [0.29, 0.717) is 12.0 Å². The molecule has 1 aliphatic rings. The van der Waals surface area contributed by atoms with Crippen LogP contribution in [-0.2, 0) is 6.54 Å². The molecule has 1 aromatic carbocycles. The summed E-state index contributed by atoms with van der Waals surface area (Å²) in [7, 11) is 0. The highest BCUT2D eigenvalue weighted by Gasteiger charge is 2.28. The third-order valence-corrected chi connectivity index (χ3v) is 3.48. The van der Waals surface area contributed by atoms with E-state index in [9.17, 15) is 0 Å². The van der Waals surface area contributed by atoms with E-state index in [4.69, 9.17) is 5.11 Å². The van der Waals surface area contributed by atoms with Gasteiger partial charge in [0.1, 0.15) is 0 Å². The molecular formula is C15H23NO. The van der Waals surface area contributed by atoms with Gasteiger partial charge < -0.3 is 5.11 Å². The van der Waals surface area contributed by atoms with E-state index in [1.165, 1.54) is 24.0 Å². The first kappa shape index (κ1) is 12.6. The van der Waals surface area contributed by atoms with Gasteiger partial charge in [0.2, 0.25) is 0 Å². The molecule has 1 saturated carbocycles. The van der Waals surface area contributed by atoms with Gasteiger partial charge in [-0.1, -0.05) is 38.1 Å². The normalized spacial score (nSPS) is 15.8. The van der Waals surface area contributed by atoms with Crippen LogP contribution < -0.4 is 0 Å². The van der Waals surface area contributed by atoms with E-state index < -0.39 is 0 Å². The minimum Gasteiger partial charge on any atom is -0.395 e. The van der Waals surface area contributed by atoms with Crippen LogP contribution in [0.3, 0.4) is 0 Å². The molecule has 0 atom stereocenters. The third-order valence-electron chi connectivity index (χ3n) is 3.48. The number of nitrogens with zero attached hydrogens (tertiary/aromatic N) is 1. The predicted molar refractivity (Wildman–Crippen MR) is 71.0 cm³/mol. The summed E-state index contributed by atoms with van der Waals surface area (Å²) in [5.74, 6) is 0.598. The summed E-state index contributed by atoms with van der Waals surface area (Å²) in [4.78, 5) is 2.39. The molecule has 0 unspecified atom stereocenters. The molecule has 0 aliphatic heterocycles. The zero-order chi connectivity index (χ0) is 12.3. The fourth-order valence-electron chi connectivity index (χ4n) is 2.20. The molecule has 0 aromatic heterocycles. The van der Waals surface area contributed by atoms with Crippen LogP contribution in [0.2, 0.25) is 0 Å². The lowest BCUT2D eigenvalue weighted by atomic mass is 10.0. The Balaban J connectivity index is 1.96. The number of aliphatic hydroxyl groups excluding tert-OH is 1. The van der Waals surface area contributed by atoms with Crippen molar-refractivity contribution < 1.29 is 5.11 Å². The molecule has 0 heterocycles. The van der Waals surface area contributed by atoms with Crippen LogP contribution in [0.1, 0.15) is 43.7 Å². The summed E-state index contributed by atoms with van der Waals surface area (Å²) < 4.78 is 0. The Bertz CT molecular complexity index is 340. The summed E-state index contributed by atoms with van der Waals surface area (Å²) in [6.07, 6.45) is 2.59. The molecule has 0 saturated heterocycles. The van der Waals surface area contributed by atoms with Crippen molar-refractivity contribution in [3.05, 3.63) is 35.4 Å². The Morgan fingerprint density at radius 3 is 2.35 bits per heavy atom. The number of hydrogen-bond donors (Lipinski definition) is 1. The Kier molecular flexibility index (Phi) is 4.19. The summed E-state index contributed by atoms with van der Waals surface area (Å²) >= 11 is 0. The molecule has 0 bridgehead atoms. The maximum absolute atomic E-state index is 9.07. The summed E-state index contributed by atoms with van der Waals surface area (Å²) in [6.45, 7) is 6.48. The monoisotopic (exact) mass is 233 g/mol. The lowest BCUT2D eigenvalue weighted by Gasteiger charge is -2.21. The van der Waals surface area contributed by atoms with Crippen molar-refractivity contribution in [3.63, 3.8) is 0 Å². The maximum atomic E-state index is 9.07. The molecule has 2 rings (SSSR count). The summed E-state index contributed by atoms with van der Waals surface area (Å²) in [6, 6.07) is 9.62.